The predicted molar refractivity (Wildman–Crippen MR) is 136 cm³/mol. The van der Waals surface area contributed by atoms with Gasteiger partial charge in [0.05, 0.1) is 10.5 Å². The third-order valence-corrected chi connectivity index (χ3v) is 6.97. The Hall–Kier alpha value is -3.17. The number of hydrogen-bond donors (Lipinski definition) is 1. The van der Waals surface area contributed by atoms with Crippen molar-refractivity contribution in [3.05, 3.63) is 53.7 Å². The van der Waals surface area contributed by atoms with Crippen LogP contribution in [0.5, 0.6) is 11.5 Å². The quantitative estimate of drug-likeness (QED) is 0.426. The number of anilines is 1. The number of carbonyl (C=O) groups is 1. The van der Waals surface area contributed by atoms with Gasteiger partial charge in [-0.15, -0.1) is 0 Å². The summed E-state index contributed by atoms with van der Waals surface area (Å²) in [7, 11) is 0. The first kappa shape index (κ1) is 24.5. The number of carbonyl (C=O) groups excluding carboxylic acids is 1. The van der Waals surface area contributed by atoms with Crippen molar-refractivity contribution in [2.45, 2.75) is 31.8 Å². The minimum Gasteiger partial charge on any atom is -0.486 e. The van der Waals surface area contributed by atoms with Gasteiger partial charge >= 0.3 is 0 Å². The standard InChI is InChI=1S/C26H29ClFN5O3/c27-21-13-19(3-4-22(21)28)31-17-35-24-14-23-18(15-29-16-30-23)12-25(24)36-20-5-8-32(9-6-20)10-11-33-7-1-2-26(33)34/h3-4,12-16,20,31H,1-2,5-11,17H2. The van der Waals surface area contributed by atoms with E-state index >= 15 is 0 Å². The normalized spacial score (nSPS) is 17.1. The highest BCUT2D eigenvalue weighted by molar-refractivity contribution is 6.31. The van der Waals surface area contributed by atoms with Crippen molar-refractivity contribution in [2.24, 2.45) is 0 Å². The zero-order valence-corrected chi connectivity index (χ0v) is 20.7. The first-order valence-corrected chi connectivity index (χ1v) is 12.7. The summed E-state index contributed by atoms with van der Waals surface area (Å²) in [5.41, 5.74) is 1.40. The van der Waals surface area contributed by atoms with Gasteiger partial charge in [-0.2, -0.15) is 0 Å². The maximum Gasteiger partial charge on any atom is 0.222 e. The van der Waals surface area contributed by atoms with Crippen molar-refractivity contribution in [3.8, 4) is 11.5 Å². The lowest BCUT2D eigenvalue weighted by Crippen LogP contribution is -2.42. The van der Waals surface area contributed by atoms with E-state index in [2.05, 4.69) is 20.2 Å². The highest BCUT2D eigenvalue weighted by atomic mass is 35.5. The van der Waals surface area contributed by atoms with Crippen LogP contribution in [0.25, 0.3) is 10.9 Å². The molecular weight excluding hydrogens is 485 g/mol. The first-order valence-electron chi connectivity index (χ1n) is 12.3. The summed E-state index contributed by atoms with van der Waals surface area (Å²) in [5.74, 6) is 1.01. The molecule has 2 aromatic carbocycles. The summed E-state index contributed by atoms with van der Waals surface area (Å²) < 4.78 is 25.8. The fraction of sp³-hybridized carbons (Fsp3) is 0.423. The molecule has 3 heterocycles. The van der Waals surface area contributed by atoms with Crippen LogP contribution in [0.1, 0.15) is 25.7 Å². The molecule has 8 nitrogen and oxygen atoms in total. The number of halogens is 2. The van der Waals surface area contributed by atoms with Crippen LogP contribution in [0.3, 0.4) is 0 Å². The Morgan fingerprint density at radius 2 is 1.97 bits per heavy atom. The molecule has 190 valence electrons. The van der Waals surface area contributed by atoms with Crippen LogP contribution in [0.2, 0.25) is 5.02 Å². The van der Waals surface area contributed by atoms with Crippen molar-refractivity contribution >= 4 is 34.1 Å². The summed E-state index contributed by atoms with van der Waals surface area (Å²) in [5, 5.41) is 4.00. The fourth-order valence-electron chi connectivity index (χ4n) is 4.63. The second-order valence-electron chi connectivity index (χ2n) is 9.12. The minimum atomic E-state index is -0.469. The molecule has 0 bridgehead atoms. The molecule has 2 fully saturated rings. The van der Waals surface area contributed by atoms with E-state index in [0.29, 0.717) is 23.6 Å². The molecule has 0 saturated carbocycles. The van der Waals surface area contributed by atoms with Gasteiger partial charge in [-0.1, -0.05) is 11.6 Å². The van der Waals surface area contributed by atoms with E-state index in [-0.39, 0.29) is 23.8 Å². The van der Waals surface area contributed by atoms with Crippen molar-refractivity contribution in [3.63, 3.8) is 0 Å². The second-order valence-corrected chi connectivity index (χ2v) is 9.53. The first-order chi connectivity index (χ1) is 17.5. The van der Waals surface area contributed by atoms with Gasteiger partial charge in [0.2, 0.25) is 5.91 Å². The predicted octanol–water partition coefficient (Wildman–Crippen LogP) is 4.34. The number of fused-ring (bicyclic) bond motifs is 1. The van der Waals surface area contributed by atoms with E-state index in [1.807, 2.05) is 17.0 Å². The topological polar surface area (TPSA) is 79.8 Å². The van der Waals surface area contributed by atoms with Crippen molar-refractivity contribution in [2.75, 3.05) is 44.8 Å². The van der Waals surface area contributed by atoms with Crippen LogP contribution in [0.15, 0.2) is 42.9 Å². The molecule has 3 aromatic rings. The van der Waals surface area contributed by atoms with Crippen LogP contribution >= 0.6 is 11.6 Å². The van der Waals surface area contributed by atoms with Crippen LogP contribution < -0.4 is 14.8 Å². The van der Waals surface area contributed by atoms with Gasteiger partial charge in [0.25, 0.3) is 0 Å². The number of amides is 1. The number of rotatable bonds is 9. The molecular formula is C26H29ClFN5O3. The van der Waals surface area contributed by atoms with E-state index in [1.54, 1.807) is 12.3 Å². The molecule has 0 radical (unpaired) electrons. The van der Waals surface area contributed by atoms with E-state index in [4.69, 9.17) is 21.1 Å². The van der Waals surface area contributed by atoms with E-state index in [0.717, 1.165) is 62.9 Å². The van der Waals surface area contributed by atoms with Gasteiger partial charge in [0, 0.05) is 62.5 Å². The average molecular weight is 514 g/mol. The Morgan fingerprint density at radius 3 is 2.75 bits per heavy atom. The van der Waals surface area contributed by atoms with E-state index in [9.17, 15) is 9.18 Å². The monoisotopic (exact) mass is 513 g/mol. The maximum absolute atomic E-state index is 13.4. The van der Waals surface area contributed by atoms with Gasteiger partial charge < -0.3 is 24.6 Å². The average Bonchev–Trinajstić information content (AvgIpc) is 3.30. The Kier molecular flexibility index (Phi) is 7.67. The molecule has 0 atom stereocenters. The maximum atomic E-state index is 13.4. The van der Waals surface area contributed by atoms with E-state index < -0.39 is 5.82 Å². The Labute approximate surface area is 214 Å². The Morgan fingerprint density at radius 1 is 1.11 bits per heavy atom. The number of nitrogens with one attached hydrogen (secondary N) is 1. The molecule has 1 amide bonds. The molecule has 0 spiro atoms. The number of aromatic nitrogens is 2. The Bertz CT molecular complexity index is 1220. The minimum absolute atomic E-state index is 0.0461. The molecule has 2 aliphatic heterocycles. The van der Waals surface area contributed by atoms with Crippen LogP contribution in [0.4, 0.5) is 10.1 Å². The smallest absolute Gasteiger partial charge is 0.222 e. The van der Waals surface area contributed by atoms with Gasteiger partial charge in [-0.05, 0) is 43.5 Å². The summed E-state index contributed by atoms with van der Waals surface area (Å²) in [6.45, 7) is 4.58. The third kappa shape index (κ3) is 5.96. The molecule has 36 heavy (non-hydrogen) atoms. The summed E-state index contributed by atoms with van der Waals surface area (Å²) >= 11 is 5.87. The van der Waals surface area contributed by atoms with Crippen molar-refractivity contribution in [1.29, 1.82) is 0 Å². The van der Waals surface area contributed by atoms with Gasteiger partial charge in [-0.25, -0.2) is 14.4 Å². The third-order valence-electron chi connectivity index (χ3n) is 6.68. The van der Waals surface area contributed by atoms with Gasteiger partial charge in [0.1, 0.15) is 18.2 Å². The Balaban J connectivity index is 1.20. The largest absolute Gasteiger partial charge is 0.486 e. The molecule has 2 aliphatic rings. The lowest BCUT2D eigenvalue weighted by molar-refractivity contribution is -0.127. The SMILES string of the molecule is O=C1CCCN1CCN1CCC(Oc2cc3cncnc3cc2OCNc2ccc(F)c(Cl)c2)CC1. The highest BCUT2D eigenvalue weighted by Gasteiger charge is 2.24. The highest BCUT2D eigenvalue weighted by Crippen LogP contribution is 2.34. The number of ether oxygens (including phenoxy) is 2. The molecule has 0 unspecified atom stereocenters. The lowest BCUT2D eigenvalue weighted by atomic mass is 10.1. The molecule has 2 saturated heterocycles. The van der Waals surface area contributed by atoms with Crippen molar-refractivity contribution in [1.82, 2.24) is 19.8 Å². The van der Waals surface area contributed by atoms with Crippen LogP contribution in [-0.4, -0.2) is 71.2 Å². The second kappa shape index (κ2) is 11.3. The summed E-state index contributed by atoms with van der Waals surface area (Å²) in [6, 6.07) is 8.17. The number of likely N-dealkylation sites (tertiary alicyclic amines) is 2. The number of hydrogen-bond acceptors (Lipinski definition) is 7. The number of nitrogens with zero attached hydrogens (tertiary/aromatic N) is 4. The van der Waals surface area contributed by atoms with Gasteiger partial charge in [0.15, 0.2) is 18.2 Å². The molecule has 1 aromatic heterocycles. The van der Waals surface area contributed by atoms with Crippen LogP contribution in [0, 0.1) is 5.82 Å². The number of piperidine rings is 1. The molecule has 5 rings (SSSR count). The van der Waals surface area contributed by atoms with Crippen molar-refractivity contribution < 1.29 is 18.7 Å². The zero-order chi connectivity index (χ0) is 24.9. The number of benzene rings is 2. The summed E-state index contributed by atoms with van der Waals surface area (Å²) in [6.07, 6.45) is 6.75. The van der Waals surface area contributed by atoms with Gasteiger partial charge in [-0.3, -0.25) is 4.79 Å². The van der Waals surface area contributed by atoms with E-state index in [1.165, 1.54) is 18.5 Å². The lowest BCUT2D eigenvalue weighted by Gasteiger charge is -2.33. The van der Waals surface area contributed by atoms with Crippen LogP contribution in [-0.2, 0) is 4.79 Å². The molecule has 1 N–H and O–H groups in total. The fourth-order valence-corrected chi connectivity index (χ4v) is 4.81. The zero-order valence-electron chi connectivity index (χ0n) is 20.0. The molecule has 10 heteroatoms. The molecule has 0 aliphatic carbocycles. The summed E-state index contributed by atoms with van der Waals surface area (Å²) in [4.78, 5) is 24.7.